The molecule has 9 heavy (non-hydrogen) atoms. The standard InChI is InChI=1S/C3H9NO3.C2H6/c4-3(7,1-5)2-6;1-2/h5-7H,1-2,4H2;1-2H3. The summed E-state index contributed by atoms with van der Waals surface area (Å²) in [5, 5.41) is 24.5. The molecule has 0 radical (unpaired) electrons. The highest BCUT2D eigenvalue weighted by Gasteiger charge is 2.16. The van der Waals surface area contributed by atoms with Gasteiger partial charge in [-0.3, -0.25) is 5.73 Å². The third kappa shape index (κ3) is 7.84. The molecule has 0 rings (SSSR count). The largest absolute Gasteiger partial charge is 0.392 e. The molecule has 0 fully saturated rings. The lowest BCUT2D eigenvalue weighted by Gasteiger charge is -2.15. The van der Waals surface area contributed by atoms with Crippen LogP contribution in [0.15, 0.2) is 0 Å². The lowest BCUT2D eigenvalue weighted by atomic mass is 10.3. The number of aliphatic hydroxyl groups excluding tert-OH is 2. The van der Waals surface area contributed by atoms with Crippen LogP contribution < -0.4 is 5.73 Å². The van der Waals surface area contributed by atoms with Crippen molar-refractivity contribution in [1.29, 1.82) is 0 Å². The van der Waals surface area contributed by atoms with Gasteiger partial charge in [0.15, 0.2) is 5.72 Å². The van der Waals surface area contributed by atoms with E-state index in [0.29, 0.717) is 0 Å². The first-order valence-electron chi connectivity index (χ1n) is 2.85. The number of nitrogens with two attached hydrogens (primary N) is 1. The zero-order valence-corrected chi connectivity index (χ0v) is 5.83. The zero-order valence-electron chi connectivity index (χ0n) is 5.83. The SMILES string of the molecule is CC.NC(O)(CO)CO. The van der Waals surface area contributed by atoms with Crippen molar-refractivity contribution in [2.45, 2.75) is 19.6 Å². The molecule has 0 heterocycles. The van der Waals surface area contributed by atoms with Crippen LogP contribution in [0.4, 0.5) is 0 Å². The molecule has 0 aliphatic rings. The van der Waals surface area contributed by atoms with Crippen LogP contribution in [0.1, 0.15) is 13.8 Å². The Kier molecular flexibility index (Phi) is 7.70. The van der Waals surface area contributed by atoms with Gasteiger partial charge in [0.1, 0.15) is 0 Å². The van der Waals surface area contributed by atoms with Crippen LogP contribution in [-0.4, -0.2) is 34.3 Å². The maximum absolute atomic E-state index is 8.41. The lowest BCUT2D eigenvalue weighted by molar-refractivity contribution is -0.0497. The van der Waals surface area contributed by atoms with Gasteiger partial charge in [-0.25, -0.2) is 0 Å². The average molecular weight is 137 g/mol. The molecule has 0 atom stereocenters. The van der Waals surface area contributed by atoms with E-state index in [1.165, 1.54) is 0 Å². The van der Waals surface area contributed by atoms with Gasteiger partial charge in [-0.2, -0.15) is 0 Å². The van der Waals surface area contributed by atoms with Gasteiger partial charge < -0.3 is 15.3 Å². The van der Waals surface area contributed by atoms with Crippen LogP contribution in [0.5, 0.6) is 0 Å². The fourth-order valence-corrected chi connectivity index (χ4v) is 0.0500. The van der Waals surface area contributed by atoms with Gasteiger partial charge in [-0.15, -0.1) is 0 Å². The topological polar surface area (TPSA) is 86.7 Å². The van der Waals surface area contributed by atoms with E-state index in [-0.39, 0.29) is 0 Å². The second kappa shape index (κ2) is 5.97. The van der Waals surface area contributed by atoms with E-state index in [2.05, 4.69) is 0 Å². The van der Waals surface area contributed by atoms with Crippen molar-refractivity contribution in [3.8, 4) is 0 Å². The van der Waals surface area contributed by atoms with Gasteiger partial charge in [0.05, 0.1) is 13.2 Å². The molecule has 0 bridgehead atoms. The van der Waals surface area contributed by atoms with E-state index in [1.54, 1.807) is 0 Å². The Morgan fingerprint density at radius 1 is 1.22 bits per heavy atom. The first-order chi connectivity index (χ1) is 4.12. The van der Waals surface area contributed by atoms with E-state index in [1.807, 2.05) is 13.8 Å². The summed E-state index contributed by atoms with van der Waals surface area (Å²) in [4.78, 5) is 0. The van der Waals surface area contributed by atoms with Crippen LogP contribution in [0.25, 0.3) is 0 Å². The van der Waals surface area contributed by atoms with Crippen LogP contribution in [-0.2, 0) is 0 Å². The molecule has 0 unspecified atom stereocenters. The van der Waals surface area contributed by atoms with Crippen LogP contribution in [0, 0.1) is 0 Å². The molecule has 0 amide bonds. The van der Waals surface area contributed by atoms with Crippen LogP contribution >= 0.6 is 0 Å². The molecule has 0 aromatic rings. The van der Waals surface area contributed by atoms with Crippen LogP contribution in [0.2, 0.25) is 0 Å². The van der Waals surface area contributed by atoms with Gasteiger partial charge in [0.2, 0.25) is 0 Å². The summed E-state index contributed by atoms with van der Waals surface area (Å²) >= 11 is 0. The molecule has 5 N–H and O–H groups in total. The maximum Gasteiger partial charge on any atom is 0.160 e. The van der Waals surface area contributed by atoms with Gasteiger partial charge in [-0.1, -0.05) is 13.8 Å². The normalized spacial score (nSPS) is 10.0. The summed E-state index contributed by atoms with van der Waals surface area (Å²) in [6, 6.07) is 0. The van der Waals surface area contributed by atoms with E-state index in [0.717, 1.165) is 0 Å². The zero-order chi connectivity index (χ0) is 7.91. The summed E-state index contributed by atoms with van der Waals surface area (Å²) < 4.78 is 0. The Bertz CT molecular complexity index is 50.2. The molecule has 0 aromatic heterocycles. The molecule has 0 aromatic carbocycles. The minimum Gasteiger partial charge on any atom is -0.392 e. The van der Waals surface area contributed by atoms with Gasteiger partial charge >= 0.3 is 0 Å². The second-order valence-electron chi connectivity index (χ2n) is 1.42. The molecule has 0 spiro atoms. The number of rotatable bonds is 2. The van der Waals surface area contributed by atoms with Crippen molar-refractivity contribution >= 4 is 0 Å². The van der Waals surface area contributed by atoms with E-state index >= 15 is 0 Å². The first-order valence-corrected chi connectivity index (χ1v) is 2.85. The summed E-state index contributed by atoms with van der Waals surface area (Å²) in [7, 11) is 0. The van der Waals surface area contributed by atoms with Crippen molar-refractivity contribution < 1.29 is 15.3 Å². The smallest absolute Gasteiger partial charge is 0.160 e. The highest BCUT2D eigenvalue weighted by atomic mass is 16.4. The third-order valence-electron chi connectivity index (χ3n) is 0.548. The van der Waals surface area contributed by atoms with Crippen molar-refractivity contribution in [3.05, 3.63) is 0 Å². The molecule has 0 saturated carbocycles. The minimum atomic E-state index is -1.81. The van der Waals surface area contributed by atoms with E-state index < -0.39 is 18.9 Å². The Hall–Kier alpha value is -0.160. The fraction of sp³-hybridized carbons (Fsp3) is 1.00. The summed E-state index contributed by atoms with van der Waals surface area (Å²) in [6.45, 7) is 2.76. The Morgan fingerprint density at radius 3 is 1.44 bits per heavy atom. The summed E-state index contributed by atoms with van der Waals surface area (Å²) in [5.41, 5.74) is 2.97. The number of hydrogen-bond acceptors (Lipinski definition) is 4. The minimum absolute atomic E-state index is 0.622. The highest BCUT2D eigenvalue weighted by molar-refractivity contribution is 4.64. The molecule has 4 heteroatoms. The van der Waals surface area contributed by atoms with Gasteiger partial charge in [0, 0.05) is 0 Å². The third-order valence-corrected chi connectivity index (χ3v) is 0.548. The number of hydrogen-bond donors (Lipinski definition) is 4. The molecule has 4 nitrogen and oxygen atoms in total. The molecule has 0 saturated heterocycles. The van der Waals surface area contributed by atoms with Crippen molar-refractivity contribution in [3.63, 3.8) is 0 Å². The second-order valence-corrected chi connectivity index (χ2v) is 1.42. The van der Waals surface area contributed by atoms with Crippen molar-refractivity contribution in [2.75, 3.05) is 13.2 Å². The first kappa shape index (κ1) is 11.6. The van der Waals surface area contributed by atoms with Crippen molar-refractivity contribution in [1.82, 2.24) is 0 Å². The predicted octanol–water partition coefficient (Wildman–Crippen LogP) is -1.36. The Morgan fingerprint density at radius 2 is 1.44 bits per heavy atom. The Labute approximate surface area is 54.9 Å². The molecule has 0 aliphatic heterocycles. The van der Waals surface area contributed by atoms with Crippen LogP contribution in [0.3, 0.4) is 0 Å². The number of aliphatic hydroxyl groups is 3. The van der Waals surface area contributed by atoms with E-state index in [4.69, 9.17) is 21.1 Å². The molecular weight excluding hydrogens is 122 g/mol. The maximum atomic E-state index is 8.41. The molecule has 0 aliphatic carbocycles. The van der Waals surface area contributed by atoms with Crippen molar-refractivity contribution in [2.24, 2.45) is 5.73 Å². The predicted molar refractivity (Wildman–Crippen MR) is 34.7 cm³/mol. The fourth-order valence-electron chi connectivity index (χ4n) is 0.0500. The molecule has 58 valence electrons. The van der Waals surface area contributed by atoms with Gasteiger partial charge in [-0.05, 0) is 0 Å². The molecular formula is C5H15NO3. The quantitative estimate of drug-likeness (QED) is 0.354. The monoisotopic (exact) mass is 137 g/mol. The summed E-state index contributed by atoms with van der Waals surface area (Å²) in [6.07, 6.45) is 0. The Balaban J connectivity index is 0. The highest BCUT2D eigenvalue weighted by Crippen LogP contribution is 1.86. The van der Waals surface area contributed by atoms with E-state index in [9.17, 15) is 0 Å². The average Bonchev–Trinajstić information content (AvgIpc) is 1.93. The van der Waals surface area contributed by atoms with Gasteiger partial charge in [0.25, 0.3) is 0 Å². The summed E-state index contributed by atoms with van der Waals surface area (Å²) in [5.74, 6) is 0. The lowest BCUT2D eigenvalue weighted by Crippen LogP contribution is -2.46.